The van der Waals surface area contributed by atoms with E-state index in [1.807, 2.05) is 55.8 Å². The van der Waals surface area contributed by atoms with E-state index in [1.54, 1.807) is 6.21 Å². The number of hydrogen-bond donors (Lipinski definition) is 1. The maximum absolute atomic E-state index is 12.8. The number of carbonyl (C=O) groups is 1. The van der Waals surface area contributed by atoms with Crippen LogP contribution < -0.4 is 5.43 Å². The van der Waals surface area contributed by atoms with Crippen LogP contribution in [0.5, 0.6) is 0 Å². The summed E-state index contributed by atoms with van der Waals surface area (Å²) >= 11 is 0. The van der Waals surface area contributed by atoms with Gasteiger partial charge in [-0.05, 0) is 45.7 Å². The van der Waals surface area contributed by atoms with E-state index in [4.69, 9.17) is 4.98 Å². The summed E-state index contributed by atoms with van der Waals surface area (Å²) in [5.41, 5.74) is 8.03. The second-order valence-electron chi connectivity index (χ2n) is 6.99. The van der Waals surface area contributed by atoms with Gasteiger partial charge < -0.3 is 0 Å². The van der Waals surface area contributed by atoms with Crippen molar-refractivity contribution in [3.8, 4) is 0 Å². The van der Waals surface area contributed by atoms with Gasteiger partial charge in [-0.3, -0.25) is 14.5 Å². The highest BCUT2D eigenvalue weighted by Gasteiger charge is 2.26. The lowest BCUT2D eigenvalue weighted by Crippen LogP contribution is -2.18. The van der Waals surface area contributed by atoms with Gasteiger partial charge in [0, 0.05) is 34.8 Å². The van der Waals surface area contributed by atoms with Crippen molar-refractivity contribution in [2.24, 2.45) is 5.10 Å². The molecule has 4 rings (SSSR count). The molecule has 27 heavy (non-hydrogen) atoms. The highest BCUT2D eigenvalue weighted by molar-refractivity contribution is 6.06. The third-order valence-electron chi connectivity index (χ3n) is 5.07. The fraction of sp³-hybridized carbons (Fsp3) is 0.333. The molecule has 2 heterocycles. The number of carbonyl (C=O) groups excluding carboxylic acids is 1. The Labute approximate surface area is 158 Å². The van der Waals surface area contributed by atoms with Crippen LogP contribution >= 0.6 is 0 Å². The van der Waals surface area contributed by atoms with Crippen LogP contribution in [0, 0.1) is 13.8 Å². The molecule has 0 saturated heterocycles. The fourth-order valence-electron chi connectivity index (χ4n) is 3.39. The minimum absolute atomic E-state index is 0.218. The molecule has 1 aromatic carbocycles. The minimum atomic E-state index is -0.218. The van der Waals surface area contributed by atoms with E-state index in [2.05, 4.69) is 15.6 Å². The number of nitrogens with one attached hydrogen (secondary N) is 1. The number of nitrogens with zero attached hydrogens (tertiary/aromatic N) is 4. The molecule has 2 aromatic heterocycles. The first kappa shape index (κ1) is 17.4. The first-order valence-electron chi connectivity index (χ1n) is 9.35. The maximum atomic E-state index is 12.8. The predicted octanol–water partition coefficient (Wildman–Crippen LogP) is 3.71. The van der Waals surface area contributed by atoms with Gasteiger partial charge in [0.05, 0.1) is 23.0 Å². The summed E-state index contributed by atoms with van der Waals surface area (Å²) in [4.78, 5) is 17.5. The molecule has 3 aromatic rings. The standard InChI is InChI=1S/C21H23N5O/c1-4-26-14(3)18(13(2)25-26)12-22-24-21(27)17-11-20(15-9-10-15)23-19-8-6-5-7-16(17)19/h5-8,11-12,15H,4,9-10H2,1-3H3,(H,24,27)/b22-12+. The van der Waals surface area contributed by atoms with Crippen LogP contribution in [0.2, 0.25) is 0 Å². The molecular weight excluding hydrogens is 338 g/mol. The summed E-state index contributed by atoms with van der Waals surface area (Å²) in [6.07, 6.45) is 3.96. The number of para-hydroxylation sites is 1. The Morgan fingerprint density at radius 1 is 1.33 bits per heavy atom. The van der Waals surface area contributed by atoms with Crippen molar-refractivity contribution in [3.63, 3.8) is 0 Å². The summed E-state index contributed by atoms with van der Waals surface area (Å²) in [7, 11) is 0. The zero-order valence-corrected chi connectivity index (χ0v) is 15.9. The minimum Gasteiger partial charge on any atom is -0.269 e. The normalized spacial score (nSPS) is 14.2. The number of fused-ring (bicyclic) bond motifs is 1. The van der Waals surface area contributed by atoms with E-state index in [-0.39, 0.29) is 5.91 Å². The van der Waals surface area contributed by atoms with Crippen LogP contribution in [0.1, 0.15) is 58.7 Å². The number of hydrazone groups is 1. The van der Waals surface area contributed by atoms with Gasteiger partial charge in [0.15, 0.2) is 0 Å². The molecule has 1 fully saturated rings. The molecule has 6 heteroatoms. The molecule has 0 atom stereocenters. The van der Waals surface area contributed by atoms with Crippen LogP contribution in [-0.2, 0) is 6.54 Å². The highest BCUT2D eigenvalue weighted by Crippen LogP contribution is 2.40. The van der Waals surface area contributed by atoms with E-state index in [9.17, 15) is 4.79 Å². The first-order chi connectivity index (χ1) is 13.1. The largest absolute Gasteiger partial charge is 0.272 e. The molecule has 0 bridgehead atoms. The quantitative estimate of drug-likeness (QED) is 0.556. The first-order valence-corrected chi connectivity index (χ1v) is 9.35. The molecule has 6 nitrogen and oxygen atoms in total. The molecule has 1 aliphatic rings. The van der Waals surface area contributed by atoms with Gasteiger partial charge >= 0.3 is 0 Å². The lowest BCUT2D eigenvalue weighted by molar-refractivity contribution is 0.0956. The number of rotatable bonds is 5. The van der Waals surface area contributed by atoms with E-state index >= 15 is 0 Å². The molecule has 0 radical (unpaired) electrons. The second kappa shape index (κ2) is 6.95. The van der Waals surface area contributed by atoms with E-state index in [1.165, 1.54) is 0 Å². The molecule has 0 aliphatic heterocycles. The van der Waals surface area contributed by atoms with Crippen LogP contribution in [0.3, 0.4) is 0 Å². The van der Waals surface area contributed by atoms with E-state index in [0.29, 0.717) is 11.5 Å². The Balaban J connectivity index is 1.61. The van der Waals surface area contributed by atoms with Gasteiger partial charge in [0.1, 0.15) is 0 Å². The number of aromatic nitrogens is 3. The fourth-order valence-corrected chi connectivity index (χ4v) is 3.39. The van der Waals surface area contributed by atoms with Crippen LogP contribution in [0.25, 0.3) is 10.9 Å². The number of aryl methyl sites for hydroxylation is 2. The topological polar surface area (TPSA) is 72.2 Å². The smallest absolute Gasteiger partial charge is 0.269 e. The average molecular weight is 361 g/mol. The lowest BCUT2D eigenvalue weighted by atomic mass is 10.1. The maximum Gasteiger partial charge on any atom is 0.272 e. The van der Waals surface area contributed by atoms with Crippen molar-refractivity contribution in [2.75, 3.05) is 0 Å². The van der Waals surface area contributed by atoms with Crippen LogP contribution in [0.15, 0.2) is 35.4 Å². The van der Waals surface area contributed by atoms with Crippen molar-refractivity contribution in [1.82, 2.24) is 20.2 Å². The monoisotopic (exact) mass is 361 g/mol. The predicted molar refractivity (Wildman–Crippen MR) is 106 cm³/mol. The van der Waals surface area contributed by atoms with E-state index < -0.39 is 0 Å². The van der Waals surface area contributed by atoms with Crippen molar-refractivity contribution in [1.29, 1.82) is 0 Å². The number of benzene rings is 1. The second-order valence-corrected chi connectivity index (χ2v) is 6.99. The molecule has 1 amide bonds. The molecule has 1 N–H and O–H groups in total. The lowest BCUT2D eigenvalue weighted by Gasteiger charge is -2.08. The molecule has 1 aliphatic carbocycles. The average Bonchev–Trinajstić information content (AvgIpc) is 3.49. The van der Waals surface area contributed by atoms with Crippen molar-refractivity contribution in [2.45, 2.75) is 46.1 Å². The Morgan fingerprint density at radius 3 is 2.81 bits per heavy atom. The highest BCUT2D eigenvalue weighted by atomic mass is 16.2. The summed E-state index contributed by atoms with van der Waals surface area (Å²) < 4.78 is 1.93. The summed E-state index contributed by atoms with van der Waals surface area (Å²) in [6, 6.07) is 9.66. The third-order valence-corrected chi connectivity index (χ3v) is 5.07. The van der Waals surface area contributed by atoms with Crippen LogP contribution in [-0.4, -0.2) is 26.9 Å². The molecule has 0 spiro atoms. The summed E-state index contributed by atoms with van der Waals surface area (Å²) in [5, 5.41) is 9.50. The Kier molecular flexibility index (Phi) is 4.48. The van der Waals surface area contributed by atoms with Crippen molar-refractivity contribution < 1.29 is 4.79 Å². The van der Waals surface area contributed by atoms with Crippen molar-refractivity contribution in [3.05, 3.63) is 58.5 Å². The van der Waals surface area contributed by atoms with Crippen molar-refractivity contribution >= 4 is 23.0 Å². The van der Waals surface area contributed by atoms with Crippen LogP contribution in [0.4, 0.5) is 0 Å². The van der Waals surface area contributed by atoms with Gasteiger partial charge in [-0.2, -0.15) is 10.2 Å². The summed E-state index contributed by atoms with van der Waals surface area (Å²) in [5.74, 6) is 0.264. The SMILES string of the molecule is CCn1nc(C)c(/C=N/NC(=O)c2cc(C3CC3)nc3ccccc23)c1C. The van der Waals surface area contributed by atoms with Gasteiger partial charge in [0.2, 0.25) is 0 Å². The molecule has 0 unspecified atom stereocenters. The zero-order valence-electron chi connectivity index (χ0n) is 15.9. The Morgan fingerprint density at radius 2 is 2.11 bits per heavy atom. The molecule has 138 valence electrons. The number of hydrogen-bond acceptors (Lipinski definition) is 4. The van der Waals surface area contributed by atoms with Gasteiger partial charge in [-0.25, -0.2) is 5.43 Å². The Bertz CT molecular complexity index is 1050. The number of amides is 1. The zero-order chi connectivity index (χ0) is 19.0. The Hall–Kier alpha value is -3.02. The van der Waals surface area contributed by atoms with E-state index in [0.717, 1.165) is 52.9 Å². The third kappa shape index (κ3) is 3.35. The van der Waals surface area contributed by atoms with Gasteiger partial charge in [0.25, 0.3) is 5.91 Å². The molecule has 1 saturated carbocycles. The van der Waals surface area contributed by atoms with Gasteiger partial charge in [-0.1, -0.05) is 18.2 Å². The summed E-state index contributed by atoms with van der Waals surface area (Å²) in [6.45, 7) is 6.81. The number of pyridine rings is 1. The van der Waals surface area contributed by atoms with Gasteiger partial charge in [-0.15, -0.1) is 0 Å². The molecular formula is C21H23N5O.